The molecule has 2 aliphatic heterocycles. The number of nitrogens with one attached hydrogen (secondary N) is 2. The van der Waals surface area contributed by atoms with Crippen LogP contribution in [-0.2, 0) is 41.4 Å². The molecule has 28 heteroatoms. The van der Waals surface area contributed by atoms with Crippen LogP contribution < -0.4 is 42.8 Å². The number of anilines is 2. The van der Waals surface area contributed by atoms with Crippen molar-refractivity contribution in [2.24, 2.45) is 23.3 Å². The molecule has 8 rings (SSSR count). The van der Waals surface area contributed by atoms with E-state index in [4.69, 9.17) is 48.7 Å². The van der Waals surface area contributed by atoms with E-state index in [0.717, 1.165) is 5.57 Å². The van der Waals surface area contributed by atoms with Gasteiger partial charge in [-0.05, 0) is 166 Å². The number of benzene rings is 4. The lowest BCUT2D eigenvalue weighted by molar-refractivity contribution is -0.291. The number of aliphatic hydroxyl groups excluding tert-OH is 4. The van der Waals surface area contributed by atoms with E-state index in [2.05, 4.69) is 17.2 Å². The van der Waals surface area contributed by atoms with Gasteiger partial charge in [-0.3, -0.25) is 19.2 Å². The summed E-state index contributed by atoms with van der Waals surface area (Å²) in [7, 11) is 0. The number of aliphatic hydroxyl groups is 4. The van der Waals surface area contributed by atoms with Crippen LogP contribution in [0.15, 0.2) is 116 Å². The first kappa shape index (κ1) is 73.0. The van der Waals surface area contributed by atoms with Gasteiger partial charge >= 0.3 is 23.4 Å². The molecule has 0 aliphatic carbocycles. The van der Waals surface area contributed by atoms with Crippen molar-refractivity contribution in [2.45, 2.75) is 130 Å². The monoisotopic (exact) mass is 1310 g/mol. The Kier molecular flexibility index (Phi) is 23.7. The first-order chi connectivity index (χ1) is 44.0. The molecular formula is C66H76N4O24. The van der Waals surface area contributed by atoms with Crippen LogP contribution in [-0.4, -0.2) is 138 Å². The van der Waals surface area contributed by atoms with Gasteiger partial charge in [0.25, 0.3) is 11.8 Å². The molecule has 0 bridgehead atoms. The molecule has 0 radical (unpaired) electrons. The zero-order valence-electron chi connectivity index (χ0n) is 53.0. The van der Waals surface area contributed by atoms with Crippen LogP contribution in [0.25, 0.3) is 21.9 Å². The average molecular weight is 1310 g/mol. The van der Waals surface area contributed by atoms with Crippen LogP contribution in [0.3, 0.4) is 0 Å². The molecule has 4 amide bonds. The minimum atomic E-state index is -1.57. The number of carbonyl (C=O) groups is 6. The summed E-state index contributed by atoms with van der Waals surface area (Å²) in [5, 5.41) is 88.6. The molecule has 6 aromatic rings. The minimum absolute atomic E-state index is 0.0134. The summed E-state index contributed by atoms with van der Waals surface area (Å²) in [6, 6.07) is 13.8. The number of hydrogen-bond donors (Lipinski definition) is 12. The van der Waals surface area contributed by atoms with Crippen LogP contribution in [0.4, 0.5) is 21.0 Å². The highest BCUT2D eigenvalue weighted by molar-refractivity contribution is 6.08. The minimum Gasteiger partial charge on any atom is -0.508 e. The summed E-state index contributed by atoms with van der Waals surface area (Å²) in [5.74, 6) is -4.32. The lowest BCUT2D eigenvalue weighted by Crippen LogP contribution is -2.62. The third-order valence-electron chi connectivity index (χ3n) is 15.4. The average Bonchev–Trinajstić information content (AvgIpc) is 0.776. The van der Waals surface area contributed by atoms with Crippen LogP contribution in [0.2, 0.25) is 0 Å². The van der Waals surface area contributed by atoms with Gasteiger partial charge in [0, 0.05) is 22.3 Å². The number of rotatable bonds is 18. The summed E-state index contributed by atoms with van der Waals surface area (Å²) in [4.78, 5) is 95.7. The molecule has 4 aromatic carbocycles. The molecule has 2 aliphatic rings. The lowest BCUT2D eigenvalue weighted by atomic mass is 9.81. The van der Waals surface area contributed by atoms with Crippen molar-refractivity contribution >= 4 is 68.9 Å². The van der Waals surface area contributed by atoms with Crippen molar-refractivity contribution in [1.29, 1.82) is 0 Å². The van der Waals surface area contributed by atoms with Gasteiger partial charge in [-0.25, -0.2) is 19.2 Å². The maximum Gasteiger partial charge on any atom is 0.404 e. The van der Waals surface area contributed by atoms with Gasteiger partial charge < -0.3 is 100 Å². The second-order valence-corrected chi connectivity index (χ2v) is 23.2. The number of hydrogen-bond acceptors (Lipinski definition) is 24. The van der Waals surface area contributed by atoms with E-state index < -0.39 is 131 Å². The number of aromatic hydroxyl groups is 4. The number of phenolic OH excluding ortho intramolecular Hbond substituents is 2. The van der Waals surface area contributed by atoms with Gasteiger partial charge in [0.15, 0.2) is 46.6 Å². The third kappa shape index (κ3) is 17.1. The quantitative estimate of drug-likeness (QED) is 0.0252. The molecule has 2 fully saturated rings. The summed E-state index contributed by atoms with van der Waals surface area (Å²) in [6.45, 7) is 18.4. The molecule has 0 saturated carbocycles. The first-order valence-electron chi connectivity index (χ1n) is 29.0. The smallest absolute Gasteiger partial charge is 0.404 e. The third-order valence-corrected chi connectivity index (χ3v) is 15.4. The highest BCUT2D eigenvalue weighted by Gasteiger charge is 2.54. The Bertz CT molecular complexity index is 4070. The molecule has 28 nitrogen and oxygen atoms in total. The van der Waals surface area contributed by atoms with Crippen molar-refractivity contribution in [2.75, 3.05) is 23.8 Å². The molecule has 504 valence electrons. The predicted molar refractivity (Wildman–Crippen MR) is 339 cm³/mol. The molecule has 2 aromatic heterocycles. The summed E-state index contributed by atoms with van der Waals surface area (Å²) < 4.78 is 44.7. The van der Waals surface area contributed by atoms with Crippen LogP contribution in [0.1, 0.15) is 98.4 Å². The molecule has 14 N–H and O–H groups in total. The van der Waals surface area contributed by atoms with E-state index >= 15 is 0 Å². The number of ketones is 2. The number of amides is 4. The summed E-state index contributed by atoms with van der Waals surface area (Å²) >= 11 is 0. The number of phenols is 2. The Morgan fingerprint density at radius 2 is 0.989 bits per heavy atom. The number of carbonyl (C=O) groups excluding carboxylic acids is 6. The standard InChI is InChI=1S/C31H34N2O12.C31H36N2O11.C4H6O/c1-14(35)6-5-7-16-12-17(8-10-20(16)36)27(39)33-22-23(37)18-9-11-21(15(2)25(18)43-28(22)40)42-29-24(38)26(44-30(32)41)19(13-34)31(3,4)45-29;1-14(2)6-7-16-12-17(8-10-20(16)35)27(38)33-22-23(36)18-9-11-21(15(3)25(18)42-28(22)39)41-29-24(37)26(43-30(32)40)19(13-34)31(4,5)44-29;1-3-4(2)5/h5-6,8-12,19,24,26,29,34,36-38H,7,13H2,1-4H3,(H2,32,41)(H,33,39);6,8-12,19,24,26,29,34-37H,7,13H2,1-5H3,(H2,32,40)(H,33,38);3H,1H2,2H3/b6-5+;;/t2*19-,24-,26-,29-;/m11./s1. The van der Waals surface area contributed by atoms with E-state index in [1.807, 2.05) is 19.9 Å². The largest absolute Gasteiger partial charge is 0.508 e. The molecule has 4 heterocycles. The number of ether oxygens (including phenoxy) is 6. The van der Waals surface area contributed by atoms with E-state index in [0.29, 0.717) is 17.5 Å². The SMILES string of the molecule is C=CC(C)=O.CC(=O)/C=C/Cc1cc(C(=O)Nc2c(O)c3ccc(O[C@@H]4OC(C)(C)[C@H](CO)[C@@H](OC(N)=O)[C@H]4O)c(C)c3oc2=O)ccc1O.CC(C)=CCc1cc(C(=O)Nc2c(O)c3ccc(O[C@@H]4OC(C)(C)[C@H](CO)[C@@H](OC(N)=O)[C@H]4O)c(C)c3oc2=O)ccc1O. The maximum atomic E-state index is 13.0. The van der Waals surface area contributed by atoms with Gasteiger partial charge in [-0.2, -0.15) is 0 Å². The summed E-state index contributed by atoms with van der Waals surface area (Å²) in [6.07, 6.45) is -4.16. The topological polar surface area (TPSA) is 456 Å². The fourth-order valence-electron chi connectivity index (χ4n) is 10.2. The molecule has 8 atom stereocenters. The van der Waals surface area contributed by atoms with Crippen LogP contribution >= 0.6 is 0 Å². The van der Waals surface area contributed by atoms with Crippen molar-refractivity contribution in [3.05, 3.63) is 151 Å². The first-order valence-corrected chi connectivity index (χ1v) is 29.0. The zero-order valence-corrected chi connectivity index (χ0v) is 53.0. The second-order valence-electron chi connectivity index (χ2n) is 23.2. The van der Waals surface area contributed by atoms with Crippen molar-refractivity contribution in [3.8, 4) is 34.5 Å². The second kappa shape index (κ2) is 30.6. The van der Waals surface area contributed by atoms with E-state index in [1.165, 1.54) is 107 Å². The highest BCUT2D eigenvalue weighted by Crippen LogP contribution is 2.42. The van der Waals surface area contributed by atoms with Crippen LogP contribution in [0, 0.1) is 25.7 Å². The Morgan fingerprint density at radius 1 is 0.606 bits per heavy atom. The fourth-order valence-corrected chi connectivity index (χ4v) is 10.2. The predicted octanol–water partition coefficient (Wildman–Crippen LogP) is 6.38. The fraction of sp³-hybridized carbons (Fsp3) is 0.364. The Hall–Kier alpha value is -10.1. The van der Waals surface area contributed by atoms with Crippen molar-refractivity contribution in [3.63, 3.8) is 0 Å². The zero-order chi connectivity index (χ0) is 70.0. The molecule has 2 saturated heterocycles. The Morgan fingerprint density at radius 3 is 1.33 bits per heavy atom. The normalized spacial score (nSPS) is 20.2. The number of primary amides is 2. The lowest BCUT2D eigenvalue weighted by Gasteiger charge is -2.47. The van der Waals surface area contributed by atoms with Crippen molar-refractivity contribution < 1.29 is 107 Å². The number of allylic oxidation sites excluding steroid dienone is 5. The van der Waals surface area contributed by atoms with Gasteiger partial charge in [-0.1, -0.05) is 24.3 Å². The van der Waals surface area contributed by atoms with Gasteiger partial charge in [-0.15, -0.1) is 0 Å². The van der Waals surface area contributed by atoms with Crippen molar-refractivity contribution in [1.82, 2.24) is 0 Å². The Balaban J connectivity index is 0.000000278. The van der Waals surface area contributed by atoms with Crippen LogP contribution in [0.5, 0.6) is 34.5 Å². The molecular weight excluding hydrogens is 1230 g/mol. The van der Waals surface area contributed by atoms with Gasteiger partial charge in [0.2, 0.25) is 12.6 Å². The number of fused-ring (bicyclic) bond motifs is 2. The molecule has 0 spiro atoms. The number of nitrogens with two attached hydrogens (primary N) is 2. The molecule has 0 unspecified atom stereocenters. The van der Waals surface area contributed by atoms with E-state index in [1.54, 1.807) is 27.7 Å². The maximum absolute atomic E-state index is 13.0. The number of aryl methyl sites for hydroxylation is 2. The van der Waals surface area contributed by atoms with E-state index in [-0.39, 0.29) is 85.2 Å². The summed E-state index contributed by atoms with van der Waals surface area (Å²) in [5.41, 5.74) is 7.41. The highest BCUT2D eigenvalue weighted by atomic mass is 16.7. The molecule has 94 heavy (non-hydrogen) atoms. The Labute approximate surface area is 537 Å². The van der Waals surface area contributed by atoms with Gasteiger partial charge in [0.1, 0.15) is 46.4 Å². The van der Waals surface area contributed by atoms with E-state index in [9.17, 15) is 79.2 Å². The van der Waals surface area contributed by atoms with Gasteiger partial charge in [0.05, 0.1) is 47.0 Å².